The molecule has 24 heavy (non-hydrogen) atoms. The highest BCUT2D eigenvalue weighted by atomic mass is 16.4. The zero-order valence-electron chi connectivity index (χ0n) is 14.2. The number of carboxylic acids is 1. The second-order valence-electron chi connectivity index (χ2n) is 8.02. The molecule has 1 aromatic carbocycles. The molecule has 1 saturated heterocycles. The Morgan fingerprint density at radius 1 is 1.25 bits per heavy atom. The van der Waals surface area contributed by atoms with Crippen LogP contribution in [0.2, 0.25) is 0 Å². The van der Waals surface area contributed by atoms with E-state index in [9.17, 15) is 14.7 Å². The van der Waals surface area contributed by atoms with Crippen LogP contribution in [0.1, 0.15) is 38.7 Å². The molecule has 126 valence electrons. The number of hydrogen-bond donors (Lipinski definition) is 1. The maximum Gasteiger partial charge on any atom is 0.330 e. The number of carbonyl (C=O) groups is 2. The van der Waals surface area contributed by atoms with Crippen LogP contribution in [0, 0.1) is 16.7 Å². The van der Waals surface area contributed by atoms with Gasteiger partial charge >= 0.3 is 5.97 Å². The van der Waals surface area contributed by atoms with Crippen molar-refractivity contribution in [3.05, 3.63) is 42.0 Å². The first-order valence-corrected chi connectivity index (χ1v) is 8.63. The van der Waals surface area contributed by atoms with Gasteiger partial charge in [0, 0.05) is 18.0 Å². The number of hydrogen-bond acceptors (Lipinski definition) is 2. The predicted octanol–water partition coefficient (Wildman–Crippen LogP) is 3.19. The fraction of sp³-hybridized carbons (Fsp3) is 0.500. The molecule has 1 heterocycles. The van der Waals surface area contributed by atoms with E-state index in [-0.39, 0.29) is 16.7 Å². The first-order chi connectivity index (χ1) is 11.3. The standard InChI is InChI=1S/C20H23NO3/c1-18-13-21(16(22)9-8-14-6-4-3-5-7-14)20(17(23)24)12-15(18)10-11-19(18,20)2/h3-9,15H,10-13H2,1-2H3,(H,23,24)/b9-8+. The van der Waals surface area contributed by atoms with E-state index in [1.54, 1.807) is 11.0 Å². The largest absolute Gasteiger partial charge is 0.479 e. The zero-order valence-corrected chi connectivity index (χ0v) is 14.2. The molecule has 4 bridgehead atoms. The SMILES string of the molecule is CC12CN(C(=O)/C=C/c3ccccc3)C3(C(=O)O)CC1CCC23C. The van der Waals surface area contributed by atoms with E-state index < -0.39 is 11.5 Å². The van der Waals surface area contributed by atoms with Crippen LogP contribution in [0.3, 0.4) is 0 Å². The van der Waals surface area contributed by atoms with Crippen LogP contribution in [0.4, 0.5) is 0 Å². The van der Waals surface area contributed by atoms with Gasteiger partial charge in [-0.3, -0.25) is 4.79 Å². The molecule has 0 aromatic heterocycles. The highest BCUT2D eigenvalue weighted by Crippen LogP contribution is 2.75. The molecule has 4 atom stereocenters. The molecule has 2 aliphatic carbocycles. The van der Waals surface area contributed by atoms with Crippen LogP contribution >= 0.6 is 0 Å². The number of likely N-dealkylation sites (tertiary alicyclic amines) is 1. The van der Waals surface area contributed by atoms with E-state index in [0.29, 0.717) is 18.9 Å². The Hall–Kier alpha value is -2.10. The summed E-state index contributed by atoms with van der Waals surface area (Å²) in [6.07, 6.45) is 5.88. The van der Waals surface area contributed by atoms with Gasteiger partial charge in [-0.25, -0.2) is 4.79 Å². The van der Waals surface area contributed by atoms with Gasteiger partial charge < -0.3 is 10.0 Å². The Labute approximate surface area is 142 Å². The van der Waals surface area contributed by atoms with Crippen molar-refractivity contribution in [3.8, 4) is 0 Å². The zero-order chi connectivity index (χ0) is 17.2. The van der Waals surface area contributed by atoms with Crippen molar-refractivity contribution >= 4 is 18.0 Å². The summed E-state index contributed by atoms with van der Waals surface area (Å²) in [5, 5.41) is 10.1. The first-order valence-electron chi connectivity index (χ1n) is 8.63. The third-order valence-electron chi connectivity index (χ3n) is 7.39. The number of amides is 1. The highest BCUT2D eigenvalue weighted by Gasteiger charge is 2.81. The number of rotatable bonds is 3. The van der Waals surface area contributed by atoms with E-state index >= 15 is 0 Å². The number of benzene rings is 1. The molecule has 3 fully saturated rings. The van der Waals surface area contributed by atoms with Crippen molar-refractivity contribution < 1.29 is 14.7 Å². The fourth-order valence-corrected chi connectivity index (χ4v) is 5.81. The lowest BCUT2D eigenvalue weighted by molar-refractivity contribution is -0.162. The number of carbonyl (C=O) groups excluding carboxylic acids is 1. The van der Waals surface area contributed by atoms with Crippen LogP contribution in [-0.4, -0.2) is 34.0 Å². The summed E-state index contributed by atoms with van der Waals surface area (Å²) in [5.41, 5.74) is -0.504. The quantitative estimate of drug-likeness (QED) is 0.868. The summed E-state index contributed by atoms with van der Waals surface area (Å²) in [5.74, 6) is -0.602. The molecule has 4 nitrogen and oxygen atoms in total. The smallest absolute Gasteiger partial charge is 0.330 e. The Morgan fingerprint density at radius 3 is 2.58 bits per heavy atom. The average molecular weight is 325 g/mol. The van der Waals surface area contributed by atoms with Crippen LogP contribution in [0.5, 0.6) is 0 Å². The van der Waals surface area contributed by atoms with Gasteiger partial charge in [-0.2, -0.15) is 0 Å². The van der Waals surface area contributed by atoms with Crippen molar-refractivity contribution in [1.29, 1.82) is 0 Å². The van der Waals surface area contributed by atoms with E-state index in [4.69, 9.17) is 0 Å². The van der Waals surface area contributed by atoms with Gasteiger partial charge in [-0.05, 0) is 42.2 Å². The molecule has 4 heteroatoms. The molecule has 1 N–H and O–H groups in total. The van der Waals surface area contributed by atoms with Crippen molar-refractivity contribution in [2.45, 2.75) is 38.6 Å². The summed E-state index contributed by atoms with van der Waals surface area (Å²) in [6.45, 7) is 4.82. The molecule has 4 rings (SSSR count). The van der Waals surface area contributed by atoms with Gasteiger partial charge in [0.05, 0.1) is 0 Å². The second-order valence-corrected chi connectivity index (χ2v) is 8.02. The number of aliphatic carboxylic acids is 1. The molecule has 2 saturated carbocycles. The fourth-order valence-electron chi connectivity index (χ4n) is 5.81. The molecule has 1 aliphatic heterocycles. The van der Waals surface area contributed by atoms with Gasteiger partial charge in [0.2, 0.25) is 5.91 Å². The Bertz CT molecular complexity index is 743. The summed E-state index contributed by atoms with van der Waals surface area (Å²) in [7, 11) is 0. The Kier molecular flexibility index (Phi) is 3.03. The van der Waals surface area contributed by atoms with Crippen molar-refractivity contribution in [2.75, 3.05) is 6.54 Å². The van der Waals surface area contributed by atoms with Crippen molar-refractivity contribution in [3.63, 3.8) is 0 Å². The van der Waals surface area contributed by atoms with Gasteiger partial charge in [0.1, 0.15) is 5.54 Å². The highest BCUT2D eigenvalue weighted by molar-refractivity contribution is 5.97. The summed E-state index contributed by atoms with van der Waals surface area (Å²) in [4.78, 5) is 26.8. The minimum atomic E-state index is -1.04. The minimum Gasteiger partial charge on any atom is -0.479 e. The average Bonchev–Trinajstić information content (AvgIpc) is 3.03. The van der Waals surface area contributed by atoms with Crippen molar-refractivity contribution in [1.82, 2.24) is 4.90 Å². The lowest BCUT2D eigenvalue weighted by Crippen LogP contribution is -2.60. The van der Waals surface area contributed by atoms with E-state index in [2.05, 4.69) is 13.8 Å². The normalized spacial score (nSPS) is 39.8. The van der Waals surface area contributed by atoms with E-state index in [0.717, 1.165) is 18.4 Å². The van der Waals surface area contributed by atoms with Crippen molar-refractivity contribution in [2.24, 2.45) is 16.7 Å². The second kappa shape index (κ2) is 4.71. The van der Waals surface area contributed by atoms with Gasteiger partial charge in [0.15, 0.2) is 0 Å². The van der Waals surface area contributed by atoms with E-state index in [1.807, 2.05) is 30.3 Å². The van der Waals surface area contributed by atoms with Crippen LogP contribution in [0.25, 0.3) is 6.08 Å². The predicted molar refractivity (Wildman–Crippen MR) is 91.1 cm³/mol. The topological polar surface area (TPSA) is 57.6 Å². The molecular weight excluding hydrogens is 302 g/mol. The van der Waals surface area contributed by atoms with Crippen LogP contribution in [-0.2, 0) is 9.59 Å². The lowest BCUT2D eigenvalue weighted by atomic mass is 9.65. The van der Waals surface area contributed by atoms with Crippen LogP contribution in [0.15, 0.2) is 36.4 Å². The third kappa shape index (κ3) is 1.59. The number of carboxylic acid groups (broad SMARTS) is 1. The molecule has 1 aromatic rings. The van der Waals surface area contributed by atoms with Crippen LogP contribution < -0.4 is 0 Å². The van der Waals surface area contributed by atoms with Gasteiger partial charge in [-0.1, -0.05) is 44.2 Å². The molecule has 3 aliphatic rings. The molecule has 1 amide bonds. The summed E-state index contributed by atoms with van der Waals surface area (Å²) in [6, 6.07) is 9.62. The molecule has 0 spiro atoms. The first kappa shape index (κ1) is 15.4. The Balaban J connectivity index is 1.68. The number of piperidine rings is 1. The maximum absolute atomic E-state index is 12.9. The Morgan fingerprint density at radius 2 is 1.96 bits per heavy atom. The summed E-state index contributed by atoms with van der Waals surface area (Å²) < 4.78 is 0. The summed E-state index contributed by atoms with van der Waals surface area (Å²) >= 11 is 0. The third-order valence-corrected chi connectivity index (χ3v) is 7.39. The van der Waals surface area contributed by atoms with E-state index in [1.165, 1.54) is 6.08 Å². The molecule has 4 unspecified atom stereocenters. The van der Waals surface area contributed by atoms with Gasteiger partial charge in [0.25, 0.3) is 0 Å². The lowest BCUT2D eigenvalue weighted by Gasteiger charge is -2.44. The van der Waals surface area contributed by atoms with Gasteiger partial charge in [-0.15, -0.1) is 0 Å². The minimum absolute atomic E-state index is 0.0817. The monoisotopic (exact) mass is 325 g/mol. The number of nitrogens with zero attached hydrogens (tertiary/aromatic N) is 1. The molecule has 0 radical (unpaired) electrons. The maximum atomic E-state index is 12.9. The molecular formula is C20H23NO3.